The largest absolute Gasteiger partial charge is 0.456 e. The van der Waals surface area contributed by atoms with E-state index in [9.17, 15) is 0 Å². The molecule has 13 rings (SSSR count). The van der Waals surface area contributed by atoms with Crippen LogP contribution < -0.4 is 4.90 Å². The highest BCUT2D eigenvalue weighted by Gasteiger charge is 2.49. The summed E-state index contributed by atoms with van der Waals surface area (Å²) in [6.45, 7) is 0. The molecule has 4 heterocycles. The van der Waals surface area contributed by atoms with Crippen molar-refractivity contribution in [3.05, 3.63) is 234 Å². The summed E-state index contributed by atoms with van der Waals surface area (Å²) in [4.78, 5) is 24.1. The molecule has 8 aromatic rings. The molecule has 0 N–H and O–H groups in total. The monoisotopic (exact) mass is 879 g/mol. The predicted molar refractivity (Wildman–Crippen MR) is 277 cm³/mol. The topological polar surface area (TPSA) is 67.4 Å². The Bertz CT molecular complexity index is 3340. The highest BCUT2D eigenvalue weighted by Crippen LogP contribution is 2.56. The van der Waals surface area contributed by atoms with Gasteiger partial charge in [0.1, 0.15) is 11.3 Å². The summed E-state index contributed by atoms with van der Waals surface area (Å²) < 4.78 is 6.78. The quantitative estimate of drug-likeness (QED) is 0.152. The van der Waals surface area contributed by atoms with E-state index in [4.69, 9.17) is 24.4 Å². The van der Waals surface area contributed by atoms with Crippen molar-refractivity contribution in [3.63, 3.8) is 0 Å². The van der Waals surface area contributed by atoms with E-state index in [2.05, 4.69) is 175 Å². The lowest BCUT2D eigenvalue weighted by Crippen LogP contribution is -2.30. The number of fused-ring (bicyclic) bond motifs is 7. The van der Waals surface area contributed by atoms with E-state index < -0.39 is 0 Å². The summed E-state index contributed by atoms with van der Waals surface area (Å²) in [6, 6.07) is 55.9. The zero-order valence-electron chi connectivity index (χ0n) is 37.7. The van der Waals surface area contributed by atoms with E-state index in [0.717, 1.165) is 64.0 Å². The zero-order valence-corrected chi connectivity index (χ0v) is 37.7. The summed E-state index contributed by atoms with van der Waals surface area (Å²) in [6.07, 6.45) is 23.3. The second kappa shape index (κ2) is 17.0. The fraction of sp³-hybridized carbons (Fsp3) is 0.161. The molecule has 5 unspecified atom stereocenters. The van der Waals surface area contributed by atoms with Crippen molar-refractivity contribution in [3.8, 4) is 33.9 Å². The summed E-state index contributed by atoms with van der Waals surface area (Å²) in [5, 5.41) is 1.15. The first-order valence-corrected chi connectivity index (χ1v) is 24.2. The van der Waals surface area contributed by atoms with Gasteiger partial charge in [0.25, 0.3) is 0 Å². The van der Waals surface area contributed by atoms with Crippen molar-refractivity contribution in [1.29, 1.82) is 0 Å². The van der Waals surface area contributed by atoms with Gasteiger partial charge in [-0.05, 0) is 90.8 Å². The van der Waals surface area contributed by atoms with Gasteiger partial charge in [-0.25, -0.2) is 15.0 Å². The highest BCUT2D eigenvalue weighted by atomic mass is 16.3. The number of rotatable bonds is 8. The van der Waals surface area contributed by atoms with Gasteiger partial charge >= 0.3 is 0 Å². The normalized spacial score (nSPS) is 21.4. The van der Waals surface area contributed by atoms with Crippen LogP contribution in [0.25, 0.3) is 62.2 Å². The SMILES string of the molecule is C1=CCC(c2cccc(-c3ccccc3)c2C2C=NC(c3ccc4oc5c(c4c3)C3C4CCCC=C4N(c4ccccc4)C3C=C5)=C(c3nc(-c4ccccc4)nc(-c4ccccc4)n3)C2)C=C1. The molecule has 0 radical (unpaired) electrons. The van der Waals surface area contributed by atoms with Gasteiger partial charge in [0, 0.05) is 74.5 Å². The third kappa shape index (κ3) is 7.02. The van der Waals surface area contributed by atoms with Crippen molar-refractivity contribution in [2.45, 2.75) is 55.9 Å². The van der Waals surface area contributed by atoms with Crippen LogP contribution in [-0.4, -0.2) is 27.2 Å². The summed E-state index contributed by atoms with van der Waals surface area (Å²) in [5.41, 5.74) is 14.7. The smallest absolute Gasteiger partial charge is 0.164 e. The van der Waals surface area contributed by atoms with E-state index in [1.54, 1.807) is 0 Å². The van der Waals surface area contributed by atoms with Crippen LogP contribution in [0.4, 0.5) is 5.69 Å². The molecular formula is C62H49N5O. The minimum atomic E-state index is -0.0631. The number of aromatic nitrogens is 3. The van der Waals surface area contributed by atoms with E-state index in [-0.39, 0.29) is 23.8 Å². The van der Waals surface area contributed by atoms with E-state index in [1.807, 2.05) is 36.4 Å². The van der Waals surface area contributed by atoms with Crippen molar-refractivity contribution >= 4 is 40.2 Å². The van der Waals surface area contributed by atoms with Gasteiger partial charge in [-0.2, -0.15) is 0 Å². The van der Waals surface area contributed by atoms with Crippen LogP contribution in [-0.2, 0) is 0 Å². The van der Waals surface area contributed by atoms with Gasteiger partial charge in [-0.3, -0.25) is 4.99 Å². The maximum atomic E-state index is 6.78. The summed E-state index contributed by atoms with van der Waals surface area (Å²) in [7, 11) is 0. The number of furan rings is 1. The molecule has 1 saturated heterocycles. The summed E-state index contributed by atoms with van der Waals surface area (Å²) >= 11 is 0. The fourth-order valence-corrected chi connectivity index (χ4v) is 11.7. The second-order valence-corrected chi connectivity index (χ2v) is 18.6. The van der Waals surface area contributed by atoms with Crippen LogP contribution in [0.3, 0.4) is 0 Å². The van der Waals surface area contributed by atoms with Gasteiger partial charge in [0.2, 0.25) is 0 Å². The van der Waals surface area contributed by atoms with Crippen LogP contribution in [0.15, 0.2) is 209 Å². The third-order valence-corrected chi connectivity index (χ3v) is 14.7. The fourth-order valence-electron chi connectivity index (χ4n) is 11.7. The van der Waals surface area contributed by atoms with Crippen LogP contribution in [0, 0.1) is 5.92 Å². The molecular weight excluding hydrogens is 831 g/mol. The number of para-hydroxylation sites is 1. The number of allylic oxidation sites excluding steroid dienone is 7. The Morgan fingerprint density at radius 3 is 2.03 bits per heavy atom. The molecule has 0 spiro atoms. The molecule has 0 bridgehead atoms. The Hall–Kier alpha value is -7.96. The van der Waals surface area contributed by atoms with Gasteiger partial charge < -0.3 is 9.32 Å². The first-order chi connectivity index (χ1) is 33.7. The number of nitrogens with zero attached hydrogens (tertiary/aromatic N) is 5. The molecule has 68 heavy (non-hydrogen) atoms. The lowest BCUT2D eigenvalue weighted by Gasteiger charge is -2.30. The van der Waals surface area contributed by atoms with Gasteiger partial charge in [0.05, 0.1) is 11.7 Å². The molecule has 6 heteroatoms. The van der Waals surface area contributed by atoms with Crippen LogP contribution in [0.2, 0.25) is 0 Å². The van der Waals surface area contributed by atoms with Crippen molar-refractivity contribution < 1.29 is 4.42 Å². The number of hydrogen-bond acceptors (Lipinski definition) is 6. The minimum Gasteiger partial charge on any atom is -0.456 e. The standard InChI is InChI=1S/C62H49N5O/c1-6-19-40(20-7-1)47-30-18-31-48(41-21-8-2-9-22-41)56(47)45-38-51(62-65-60(42-23-10-3-11-24-42)64-61(66-62)43-25-12-4-13-26-43)59(63-39-45)44-33-35-54-50(37-44)58-55(68-54)36-34-53-57(58)49-29-16-17-32-52(49)67(53)46-27-14-5-15-28-46/h1-15,18-21,23-28,30-37,39,41,45,49,53,57H,16-17,22,29,38H2. The van der Waals surface area contributed by atoms with Crippen molar-refractivity contribution in [2.24, 2.45) is 10.9 Å². The molecule has 2 aliphatic heterocycles. The Morgan fingerprint density at radius 2 is 1.31 bits per heavy atom. The van der Waals surface area contributed by atoms with Gasteiger partial charge in [-0.1, -0.05) is 164 Å². The van der Waals surface area contributed by atoms with E-state index in [0.29, 0.717) is 29.8 Å². The third-order valence-electron chi connectivity index (χ3n) is 14.7. The molecule has 2 aromatic heterocycles. The Kier molecular flexibility index (Phi) is 10.1. The van der Waals surface area contributed by atoms with Crippen LogP contribution >= 0.6 is 0 Å². The molecule has 0 saturated carbocycles. The number of aliphatic imine (C=N–C) groups is 1. The minimum absolute atomic E-state index is 0.0631. The molecule has 1 fully saturated rings. The Labute approximate surface area is 397 Å². The molecule has 6 aromatic carbocycles. The van der Waals surface area contributed by atoms with E-state index in [1.165, 1.54) is 45.6 Å². The summed E-state index contributed by atoms with van der Waals surface area (Å²) in [5.74, 6) is 3.71. The van der Waals surface area contributed by atoms with Crippen LogP contribution in [0.1, 0.15) is 83.7 Å². The molecule has 5 atom stereocenters. The second-order valence-electron chi connectivity index (χ2n) is 18.6. The first kappa shape index (κ1) is 40.3. The van der Waals surface area contributed by atoms with E-state index >= 15 is 0 Å². The molecule has 0 amide bonds. The molecule has 6 nitrogen and oxygen atoms in total. The van der Waals surface area contributed by atoms with Crippen molar-refractivity contribution in [1.82, 2.24) is 15.0 Å². The molecule has 3 aliphatic carbocycles. The molecule has 328 valence electrons. The zero-order chi connectivity index (χ0) is 45.0. The maximum absolute atomic E-state index is 6.78. The predicted octanol–water partition coefficient (Wildman–Crippen LogP) is 15.0. The Balaban J connectivity index is 1.01. The first-order valence-electron chi connectivity index (χ1n) is 24.2. The number of hydrogen-bond donors (Lipinski definition) is 0. The Morgan fingerprint density at radius 1 is 0.603 bits per heavy atom. The van der Waals surface area contributed by atoms with Crippen molar-refractivity contribution in [2.75, 3.05) is 4.90 Å². The number of benzene rings is 6. The lowest BCUT2D eigenvalue weighted by atomic mass is 9.75. The highest BCUT2D eigenvalue weighted by molar-refractivity contribution is 6.00. The van der Waals surface area contributed by atoms with Gasteiger partial charge in [-0.15, -0.1) is 0 Å². The molecule has 5 aliphatic rings. The van der Waals surface area contributed by atoms with Crippen LogP contribution in [0.5, 0.6) is 0 Å². The maximum Gasteiger partial charge on any atom is 0.164 e. The lowest BCUT2D eigenvalue weighted by molar-refractivity contribution is 0.454. The average molecular weight is 880 g/mol. The number of anilines is 1. The van der Waals surface area contributed by atoms with Gasteiger partial charge in [0.15, 0.2) is 17.5 Å². The average Bonchev–Trinajstić information content (AvgIpc) is 3.97.